The van der Waals surface area contributed by atoms with Crippen molar-refractivity contribution in [2.45, 2.75) is 19.9 Å². The van der Waals surface area contributed by atoms with Gasteiger partial charge in [0.2, 0.25) is 5.91 Å². The number of nitrogens with zero attached hydrogens (tertiary/aromatic N) is 1. The molecule has 136 valence electrons. The van der Waals surface area contributed by atoms with Crippen LogP contribution >= 0.6 is 0 Å². The molecule has 0 saturated carbocycles. The quantitative estimate of drug-likeness (QED) is 0.774. The van der Waals surface area contributed by atoms with Crippen LogP contribution in [0, 0.1) is 0 Å². The SMILES string of the molecule is CCNCc1cccc(NC(=O)c2ccc3c(c2)NC(=O)CCN3C)c1. The third-order valence-corrected chi connectivity index (χ3v) is 4.38. The number of hydrogen-bond donors (Lipinski definition) is 3. The zero-order chi connectivity index (χ0) is 18.5. The Hall–Kier alpha value is -2.86. The molecule has 3 N–H and O–H groups in total. The number of amides is 2. The maximum atomic E-state index is 12.6. The van der Waals surface area contributed by atoms with Crippen molar-refractivity contribution in [1.29, 1.82) is 0 Å². The molecule has 3 rings (SSSR count). The van der Waals surface area contributed by atoms with Crippen molar-refractivity contribution in [1.82, 2.24) is 5.32 Å². The minimum absolute atomic E-state index is 0.0377. The molecular formula is C20H24N4O2. The fraction of sp³-hybridized carbons (Fsp3) is 0.300. The van der Waals surface area contributed by atoms with E-state index in [9.17, 15) is 9.59 Å². The number of fused-ring (bicyclic) bond motifs is 1. The van der Waals surface area contributed by atoms with E-state index in [-0.39, 0.29) is 11.8 Å². The lowest BCUT2D eigenvalue weighted by Gasteiger charge is -2.18. The number of benzene rings is 2. The summed E-state index contributed by atoms with van der Waals surface area (Å²) < 4.78 is 0. The van der Waals surface area contributed by atoms with E-state index in [1.807, 2.05) is 42.3 Å². The van der Waals surface area contributed by atoms with Crippen LogP contribution in [0.15, 0.2) is 42.5 Å². The van der Waals surface area contributed by atoms with Gasteiger partial charge in [-0.1, -0.05) is 19.1 Å². The smallest absolute Gasteiger partial charge is 0.255 e. The maximum Gasteiger partial charge on any atom is 0.255 e. The van der Waals surface area contributed by atoms with Gasteiger partial charge in [0, 0.05) is 37.8 Å². The molecule has 2 aromatic rings. The lowest BCUT2D eigenvalue weighted by molar-refractivity contribution is -0.115. The van der Waals surface area contributed by atoms with Crippen LogP contribution in [0.2, 0.25) is 0 Å². The third-order valence-electron chi connectivity index (χ3n) is 4.38. The summed E-state index contributed by atoms with van der Waals surface area (Å²) in [6, 6.07) is 13.2. The molecule has 0 radical (unpaired) electrons. The molecule has 0 unspecified atom stereocenters. The average molecular weight is 352 g/mol. The molecule has 1 aliphatic rings. The van der Waals surface area contributed by atoms with Crippen molar-refractivity contribution in [2.24, 2.45) is 0 Å². The van der Waals surface area contributed by atoms with Gasteiger partial charge in [0.15, 0.2) is 0 Å². The summed E-state index contributed by atoms with van der Waals surface area (Å²) in [6.45, 7) is 4.37. The molecule has 0 fully saturated rings. The van der Waals surface area contributed by atoms with Gasteiger partial charge in [0.25, 0.3) is 5.91 Å². The summed E-state index contributed by atoms with van der Waals surface area (Å²) in [5.41, 5.74) is 3.96. The summed E-state index contributed by atoms with van der Waals surface area (Å²) in [7, 11) is 1.94. The van der Waals surface area contributed by atoms with Gasteiger partial charge in [-0.05, 0) is 42.4 Å². The Bertz CT molecular complexity index is 819. The first-order valence-corrected chi connectivity index (χ1v) is 8.83. The molecule has 0 atom stereocenters. The standard InChI is InChI=1S/C20H24N4O2/c1-3-21-13-14-5-4-6-16(11-14)22-20(26)15-7-8-18-17(12-15)23-19(25)9-10-24(18)2/h4-8,11-12,21H,3,9-10,13H2,1-2H3,(H,22,26)(H,23,25). The molecule has 2 amide bonds. The van der Waals surface area contributed by atoms with Gasteiger partial charge >= 0.3 is 0 Å². The van der Waals surface area contributed by atoms with Crippen LogP contribution in [0.1, 0.15) is 29.3 Å². The second kappa shape index (κ2) is 8.01. The highest BCUT2D eigenvalue weighted by atomic mass is 16.2. The highest BCUT2D eigenvalue weighted by molar-refractivity contribution is 6.06. The number of anilines is 3. The van der Waals surface area contributed by atoms with Crippen molar-refractivity contribution in [3.05, 3.63) is 53.6 Å². The summed E-state index contributed by atoms with van der Waals surface area (Å²) in [5.74, 6) is -0.237. The molecule has 1 heterocycles. The van der Waals surface area contributed by atoms with Gasteiger partial charge in [-0.3, -0.25) is 9.59 Å². The van der Waals surface area contributed by atoms with Crippen LogP contribution in [-0.4, -0.2) is 32.0 Å². The largest absolute Gasteiger partial charge is 0.372 e. The summed E-state index contributed by atoms with van der Waals surface area (Å²) in [4.78, 5) is 26.5. The lowest BCUT2D eigenvalue weighted by Crippen LogP contribution is -2.18. The molecule has 0 aromatic heterocycles. The molecular weight excluding hydrogens is 328 g/mol. The van der Waals surface area contributed by atoms with Gasteiger partial charge in [-0.2, -0.15) is 0 Å². The number of carbonyl (C=O) groups excluding carboxylic acids is 2. The Morgan fingerprint density at radius 1 is 1.23 bits per heavy atom. The van der Waals surface area contributed by atoms with E-state index < -0.39 is 0 Å². The molecule has 1 aliphatic heterocycles. The monoisotopic (exact) mass is 352 g/mol. The summed E-state index contributed by atoms with van der Waals surface area (Å²) in [6.07, 6.45) is 0.436. The molecule has 0 aliphatic carbocycles. The van der Waals surface area contributed by atoms with E-state index in [0.29, 0.717) is 24.2 Å². The van der Waals surface area contributed by atoms with Gasteiger partial charge in [-0.25, -0.2) is 0 Å². The van der Waals surface area contributed by atoms with E-state index >= 15 is 0 Å². The minimum Gasteiger partial charge on any atom is -0.372 e. The fourth-order valence-corrected chi connectivity index (χ4v) is 2.94. The third kappa shape index (κ3) is 4.21. The highest BCUT2D eigenvalue weighted by Crippen LogP contribution is 2.29. The fourth-order valence-electron chi connectivity index (χ4n) is 2.94. The highest BCUT2D eigenvalue weighted by Gasteiger charge is 2.18. The second-order valence-electron chi connectivity index (χ2n) is 6.39. The van der Waals surface area contributed by atoms with Crippen LogP contribution in [0.4, 0.5) is 17.1 Å². The molecule has 26 heavy (non-hydrogen) atoms. The van der Waals surface area contributed by atoms with Gasteiger partial charge in [-0.15, -0.1) is 0 Å². The van der Waals surface area contributed by atoms with Gasteiger partial charge in [0.05, 0.1) is 11.4 Å². The van der Waals surface area contributed by atoms with E-state index in [0.717, 1.165) is 30.0 Å². The molecule has 0 saturated heterocycles. The van der Waals surface area contributed by atoms with E-state index in [4.69, 9.17) is 0 Å². The van der Waals surface area contributed by atoms with Crippen LogP contribution < -0.4 is 20.9 Å². The normalized spacial score (nSPS) is 13.6. The Morgan fingerprint density at radius 2 is 2.08 bits per heavy atom. The van der Waals surface area contributed by atoms with Crippen molar-refractivity contribution in [3.63, 3.8) is 0 Å². The number of carbonyl (C=O) groups is 2. The lowest BCUT2D eigenvalue weighted by atomic mass is 10.1. The summed E-state index contributed by atoms with van der Waals surface area (Å²) >= 11 is 0. The van der Waals surface area contributed by atoms with Crippen LogP contribution in [0.25, 0.3) is 0 Å². The maximum absolute atomic E-state index is 12.6. The zero-order valence-corrected chi connectivity index (χ0v) is 15.1. The van der Waals surface area contributed by atoms with Crippen molar-refractivity contribution < 1.29 is 9.59 Å². The molecule has 2 aromatic carbocycles. The van der Waals surface area contributed by atoms with E-state index in [2.05, 4.69) is 22.9 Å². The predicted octanol–water partition coefficient (Wildman–Crippen LogP) is 2.83. The van der Waals surface area contributed by atoms with E-state index in [1.165, 1.54) is 0 Å². The zero-order valence-electron chi connectivity index (χ0n) is 15.1. The first-order valence-electron chi connectivity index (χ1n) is 8.83. The number of rotatable bonds is 5. The Morgan fingerprint density at radius 3 is 2.88 bits per heavy atom. The van der Waals surface area contributed by atoms with Gasteiger partial charge < -0.3 is 20.9 Å². The van der Waals surface area contributed by atoms with Gasteiger partial charge in [0.1, 0.15) is 0 Å². The molecule has 6 nitrogen and oxygen atoms in total. The predicted molar refractivity (Wildman–Crippen MR) is 105 cm³/mol. The molecule has 0 bridgehead atoms. The first-order chi connectivity index (χ1) is 12.6. The second-order valence-corrected chi connectivity index (χ2v) is 6.39. The van der Waals surface area contributed by atoms with Crippen molar-refractivity contribution in [3.8, 4) is 0 Å². The Kier molecular flexibility index (Phi) is 5.53. The Balaban J connectivity index is 1.77. The number of hydrogen-bond acceptors (Lipinski definition) is 4. The minimum atomic E-state index is -0.199. The van der Waals surface area contributed by atoms with Crippen molar-refractivity contribution >= 4 is 28.9 Å². The Labute approximate surface area is 153 Å². The van der Waals surface area contributed by atoms with E-state index in [1.54, 1.807) is 12.1 Å². The van der Waals surface area contributed by atoms with Crippen LogP contribution in [0.3, 0.4) is 0 Å². The molecule has 0 spiro atoms. The van der Waals surface area contributed by atoms with Crippen molar-refractivity contribution in [2.75, 3.05) is 35.7 Å². The van der Waals surface area contributed by atoms with Crippen LogP contribution in [0.5, 0.6) is 0 Å². The topological polar surface area (TPSA) is 73.5 Å². The first kappa shape index (κ1) is 17.9. The number of nitrogens with one attached hydrogen (secondary N) is 3. The molecule has 6 heteroatoms. The summed E-state index contributed by atoms with van der Waals surface area (Å²) in [5, 5.41) is 9.07. The van der Waals surface area contributed by atoms with Crippen LogP contribution in [-0.2, 0) is 11.3 Å². The average Bonchev–Trinajstić information content (AvgIpc) is 2.78.